The van der Waals surface area contributed by atoms with Crippen molar-refractivity contribution in [2.24, 2.45) is 0 Å². The van der Waals surface area contributed by atoms with Crippen LogP contribution in [0.15, 0.2) is 35.7 Å². The highest BCUT2D eigenvalue weighted by Gasteiger charge is 2.25. The van der Waals surface area contributed by atoms with E-state index >= 15 is 0 Å². The molecule has 1 saturated heterocycles. The van der Waals surface area contributed by atoms with E-state index in [1.165, 1.54) is 17.4 Å². The van der Waals surface area contributed by atoms with Crippen LogP contribution >= 0.6 is 11.3 Å². The molecular weight excluding hydrogens is 308 g/mol. The molecule has 1 aromatic heterocycles. The van der Waals surface area contributed by atoms with Crippen LogP contribution in [0.25, 0.3) is 0 Å². The van der Waals surface area contributed by atoms with Gasteiger partial charge in [0, 0.05) is 32.0 Å². The fraction of sp³-hybridized carbons (Fsp3) is 0.312. The molecule has 3 nitrogen and oxygen atoms in total. The van der Waals surface area contributed by atoms with Crippen LogP contribution in [0.3, 0.4) is 0 Å². The monoisotopic (exact) mass is 323 g/mol. The standard InChI is InChI=1S/C16H15F2NO2S/c17-13-4-3-12(10-14(13)18)21-11-5-7-19(8-6-11)16(20)15-2-1-9-22-15/h1-4,9-11H,5-8H2. The number of piperidine rings is 1. The molecule has 1 amide bonds. The molecule has 2 heterocycles. The molecule has 2 aromatic rings. The van der Waals surface area contributed by atoms with Gasteiger partial charge in [-0.3, -0.25) is 4.79 Å². The number of rotatable bonds is 3. The third-order valence-corrected chi connectivity index (χ3v) is 4.51. The molecule has 0 spiro atoms. The predicted molar refractivity (Wildman–Crippen MR) is 80.2 cm³/mol. The van der Waals surface area contributed by atoms with Gasteiger partial charge in [0.15, 0.2) is 11.6 Å². The zero-order chi connectivity index (χ0) is 15.5. The number of thiophene rings is 1. The fourth-order valence-electron chi connectivity index (χ4n) is 2.48. The Morgan fingerprint density at radius 1 is 1.18 bits per heavy atom. The predicted octanol–water partition coefficient (Wildman–Crippen LogP) is 3.71. The van der Waals surface area contributed by atoms with E-state index in [2.05, 4.69) is 0 Å². The summed E-state index contributed by atoms with van der Waals surface area (Å²) in [5.74, 6) is -1.44. The normalized spacial score (nSPS) is 15.8. The highest BCUT2D eigenvalue weighted by Crippen LogP contribution is 2.22. The summed E-state index contributed by atoms with van der Waals surface area (Å²) in [6.07, 6.45) is 1.27. The second-order valence-corrected chi connectivity index (χ2v) is 6.11. The summed E-state index contributed by atoms with van der Waals surface area (Å²) in [4.78, 5) is 14.8. The molecule has 0 atom stereocenters. The summed E-state index contributed by atoms with van der Waals surface area (Å²) in [6, 6.07) is 7.20. The first-order valence-electron chi connectivity index (χ1n) is 7.08. The van der Waals surface area contributed by atoms with Crippen LogP contribution in [0, 0.1) is 11.6 Å². The molecule has 1 aliphatic heterocycles. The van der Waals surface area contributed by atoms with E-state index < -0.39 is 11.6 Å². The number of halogens is 2. The highest BCUT2D eigenvalue weighted by molar-refractivity contribution is 7.12. The number of carbonyl (C=O) groups excluding carboxylic acids is 1. The molecule has 22 heavy (non-hydrogen) atoms. The van der Waals surface area contributed by atoms with Gasteiger partial charge in [0.2, 0.25) is 0 Å². The Morgan fingerprint density at radius 3 is 2.59 bits per heavy atom. The zero-order valence-electron chi connectivity index (χ0n) is 11.8. The average molecular weight is 323 g/mol. The van der Waals surface area contributed by atoms with Gasteiger partial charge in [-0.25, -0.2) is 8.78 Å². The number of carbonyl (C=O) groups is 1. The lowest BCUT2D eigenvalue weighted by atomic mass is 10.1. The maximum absolute atomic E-state index is 13.2. The van der Waals surface area contributed by atoms with Crippen LogP contribution in [0.2, 0.25) is 0 Å². The van der Waals surface area contributed by atoms with Crippen molar-refractivity contribution in [3.63, 3.8) is 0 Å². The van der Waals surface area contributed by atoms with Crippen LogP contribution in [0.5, 0.6) is 5.75 Å². The largest absolute Gasteiger partial charge is 0.490 e. The van der Waals surface area contributed by atoms with Crippen molar-refractivity contribution in [1.82, 2.24) is 4.90 Å². The molecule has 0 unspecified atom stereocenters. The van der Waals surface area contributed by atoms with Gasteiger partial charge in [-0.1, -0.05) is 6.07 Å². The quantitative estimate of drug-likeness (QED) is 0.862. The number of likely N-dealkylation sites (tertiary alicyclic amines) is 1. The summed E-state index contributed by atoms with van der Waals surface area (Å²) in [7, 11) is 0. The van der Waals surface area contributed by atoms with Crippen LogP contribution in [-0.4, -0.2) is 30.0 Å². The van der Waals surface area contributed by atoms with Crippen LogP contribution < -0.4 is 4.74 Å². The van der Waals surface area contributed by atoms with E-state index in [4.69, 9.17) is 4.74 Å². The van der Waals surface area contributed by atoms with Crippen molar-refractivity contribution >= 4 is 17.2 Å². The summed E-state index contributed by atoms with van der Waals surface area (Å²) < 4.78 is 31.7. The topological polar surface area (TPSA) is 29.5 Å². The first kappa shape index (κ1) is 15.0. The number of nitrogens with zero attached hydrogens (tertiary/aromatic N) is 1. The Bertz CT molecular complexity index is 652. The third-order valence-electron chi connectivity index (χ3n) is 3.65. The SMILES string of the molecule is O=C(c1cccs1)N1CCC(Oc2ccc(F)c(F)c2)CC1. The number of ether oxygens (including phenoxy) is 1. The van der Waals surface area contributed by atoms with E-state index in [1.54, 1.807) is 4.90 Å². The third kappa shape index (κ3) is 3.27. The highest BCUT2D eigenvalue weighted by atomic mass is 32.1. The Kier molecular flexibility index (Phi) is 4.38. The summed E-state index contributed by atoms with van der Waals surface area (Å²) in [5.41, 5.74) is 0. The first-order chi connectivity index (χ1) is 10.6. The van der Waals surface area contributed by atoms with Gasteiger partial charge in [0.1, 0.15) is 11.9 Å². The number of amides is 1. The number of hydrogen-bond acceptors (Lipinski definition) is 3. The number of benzene rings is 1. The van der Waals surface area contributed by atoms with Crippen molar-refractivity contribution in [1.29, 1.82) is 0 Å². The zero-order valence-corrected chi connectivity index (χ0v) is 12.6. The van der Waals surface area contributed by atoms with E-state index in [1.807, 2.05) is 17.5 Å². The molecule has 0 aliphatic carbocycles. The van der Waals surface area contributed by atoms with Crippen molar-refractivity contribution in [3.8, 4) is 5.75 Å². The van der Waals surface area contributed by atoms with Crippen LogP contribution in [-0.2, 0) is 0 Å². The molecule has 1 aliphatic rings. The van der Waals surface area contributed by atoms with E-state index in [9.17, 15) is 13.6 Å². The molecule has 0 saturated carbocycles. The van der Waals surface area contributed by atoms with Crippen molar-refractivity contribution in [2.75, 3.05) is 13.1 Å². The maximum atomic E-state index is 13.2. The lowest BCUT2D eigenvalue weighted by Crippen LogP contribution is -2.41. The Morgan fingerprint density at radius 2 is 1.95 bits per heavy atom. The minimum absolute atomic E-state index is 0.0428. The molecule has 0 radical (unpaired) electrons. The average Bonchev–Trinajstić information content (AvgIpc) is 3.05. The fourth-order valence-corrected chi connectivity index (χ4v) is 3.17. The number of hydrogen-bond donors (Lipinski definition) is 0. The molecule has 1 aromatic carbocycles. The van der Waals surface area contributed by atoms with E-state index in [0.717, 1.165) is 17.0 Å². The van der Waals surface area contributed by atoms with Gasteiger partial charge in [-0.05, 0) is 23.6 Å². The van der Waals surface area contributed by atoms with E-state index in [-0.39, 0.29) is 12.0 Å². The van der Waals surface area contributed by atoms with Gasteiger partial charge in [-0.15, -0.1) is 11.3 Å². The van der Waals surface area contributed by atoms with E-state index in [0.29, 0.717) is 31.7 Å². The van der Waals surface area contributed by atoms with Gasteiger partial charge < -0.3 is 9.64 Å². The minimum Gasteiger partial charge on any atom is -0.490 e. The lowest BCUT2D eigenvalue weighted by Gasteiger charge is -2.32. The molecule has 1 fully saturated rings. The smallest absolute Gasteiger partial charge is 0.263 e. The second kappa shape index (κ2) is 6.44. The Balaban J connectivity index is 1.55. The molecule has 116 valence electrons. The summed E-state index contributed by atoms with van der Waals surface area (Å²) >= 11 is 1.43. The van der Waals surface area contributed by atoms with Gasteiger partial charge >= 0.3 is 0 Å². The van der Waals surface area contributed by atoms with Crippen LogP contribution in [0.4, 0.5) is 8.78 Å². The van der Waals surface area contributed by atoms with Gasteiger partial charge in [0.05, 0.1) is 4.88 Å². The van der Waals surface area contributed by atoms with Crippen LogP contribution in [0.1, 0.15) is 22.5 Å². The Labute approximate surface area is 131 Å². The molecule has 0 N–H and O–H groups in total. The first-order valence-corrected chi connectivity index (χ1v) is 7.96. The molecule has 3 rings (SSSR count). The molecule has 6 heteroatoms. The lowest BCUT2D eigenvalue weighted by molar-refractivity contribution is 0.0599. The Hall–Kier alpha value is -1.95. The second-order valence-electron chi connectivity index (χ2n) is 5.16. The minimum atomic E-state index is -0.914. The van der Waals surface area contributed by atoms with Gasteiger partial charge in [0.25, 0.3) is 5.91 Å². The summed E-state index contributed by atoms with van der Waals surface area (Å²) in [6.45, 7) is 1.20. The van der Waals surface area contributed by atoms with Crippen molar-refractivity contribution in [2.45, 2.75) is 18.9 Å². The molecular formula is C16H15F2NO2S. The van der Waals surface area contributed by atoms with Crippen molar-refractivity contribution in [3.05, 3.63) is 52.2 Å². The summed E-state index contributed by atoms with van der Waals surface area (Å²) in [5, 5.41) is 1.88. The van der Waals surface area contributed by atoms with Crippen molar-refractivity contribution < 1.29 is 18.3 Å². The molecule has 0 bridgehead atoms. The van der Waals surface area contributed by atoms with Gasteiger partial charge in [-0.2, -0.15) is 0 Å². The maximum Gasteiger partial charge on any atom is 0.263 e.